The zero-order chi connectivity index (χ0) is 23.4. The molecule has 11 nitrogen and oxygen atoms in total. The van der Waals surface area contributed by atoms with Crippen LogP contribution in [0.4, 0.5) is 0 Å². The molecule has 0 unspecified atom stereocenters. The van der Waals surface area contributed by atoms with Crippen molar-refractivity contribution in [1.29, 1.82) is 0 Å². The van der Waals surface area contributed by atoms with Crippen LogP contribution in [0.5, 0.6) is 5.75 Å². The van der Waals surface area contributed by atoms with Gasteiger partial charge in [0.15, 0.2) is 12.6 Å². The molecule has 11 heteroatoms. The minimum Gasteiger partial charge on any atom is -0.508 e. The Hall–Kier alpha value is -1.38. The molecule has 0 spiro atoms. The van der Waals surface area contributed by atoms with Gasteiger partial charge in [0.2, 0.25) is 0 Å². The number of phenols is 1. The maximum absolute atomic E-state index is 10.3. The monoisotopic (exact) mass is 460 g/mol. The van der Waals surface area contributed by atoms with Crippen molar-refractivity contribution in [3.8, 4) is 5.75 Å². The molecule has 3 rings (SSSR count). The molecule has 1 aromatic carbocycles. The summed E-state index contributed by atoms with van der Waals surface area (Å²) in [7, 11) is 0. The van der Waals surface area contributed by atoms with Gasteiger partial charge < -0.3 is 54.7 Å². The fraction of sp³-hybridized carbons (Fsp3) is 0.714. The van der Waals surface area contributed by atoms with Crippen molar-refractivity contribution in [3.63, 3.8) is 0 Å². The van der Waals surface area contributed by atoms with E-state index in [1.54, 1.807) is 31.2 Å². The third kappa shape index (κ3) is 6.14. The second-order valence-corrected chi connectivity index (χ2v) is 8.25. The van der Waals surface area contributed by atoms with Crippen LogP contribution in [0, 0.1) is 0 Å². The molecule has 0 saturated carbocycles. The van der Waals surface area contributed by atoms with E-state index in [1.165, 1.54) is 0 Å². The predicted molar refractivity (Wildman–Crippen MR) is 107 cm³/mol. The summed E-state index contributed by atoms with van der Waals surface area (Å²) in [6.07, 6.45) is -11.5. The van der Waals surface area contributed by atoms with Gasteiger partial charge in [0.25, 0.3) is 0 Å². The highest BCUT2D eigenvalue weighted by Gasteiger charge is 2.46. The molecule has 2 fully saturated rings. The van der Waals surface area contributed by atoms with Gasteiger partial charge in [0.05, 0.1) is 19.3 Å². The molecule has 1 aromatic rings. The van der Waals surface area contributed by atoms with Crippen LogP contribution in [0.1, 0.15) is 18.9 Å². The molecular weight excluding hydrogens is 428 g/mol. The Morgan fingerprint density at radius 1 is 0.906 bits per heavy atom. The van der Waals surface area contributed by atoms with Crippen molar-refractivity contribution in [3.05, 3.63) is 29.8 Å². The molecule has 2 heterocycles. The number of aromatic hydroxyl groups is 1. The Bertz CT molecular complexity index is 701. The highest BCUT2D eigenvalue weighted by atomic mass is 16.7. The summed E-state index contributed by atoms with van der Waals surface area (Å²) in [5, 5.41) is 69.2. The van der Waals surface area contributed by atoms with Gasteiger partial charge in [-0.3, -0.25) is 0 Å². The average molecular weight is 460 g/mol. The van der Waals surface area contributed by atoms with E-state index < -0.39 is 55.3 Å². The van der Waals surface area contributed by atoms with Gasteiger partial charge in [0.1, 0.15) is 48.5 Å². The minimum absolute atomic E-state index is 0.175. The Morgan fingerprint density at radius 3 is 2.25 bits per heavy atom. The van der Waals surface area contributed by atoms with Gasteiger partial charge in [-0.1, -0.05) is 12.1 Å². The van der Waals surface area contributed by atoms with Gasteiger partial charge in [-0.25, -0.2) is 0 Å². The van der Waals surface area contributed by atoms with Crippen molar-refractivity contribution in [2.24, 2.45) is 0 Å². The second-order valence-electron chi connectivity index (χ2n) is 8.25. The molecule has 2 aliphatic rings. The standard InChI is InChI=1S/C21H32O11/c1-10(2-3-11-4-6-12(22)7-5-11)31-21-19(28)17(26)16(25)14(32-21)9-30-20-18(27)15(24)13(23)8-29-20/h4-7,10,13-28H,2-3,8-9H2,1H3/t10-,13-,14-,15+,16-,17+,18-,19-,20+,21-/m1/s1. The number of hydrogen-bond acceptors (Lipinski definition) is 11. The van der Waals surface area contributed by atoms with Crippen LogP contribution in [0.25, 0.3) is 0 Å². The van der Waals surface area contributed by atoms with Crippen LogP contribution in [0.15, 0.2) is 24.3 Å². The smallest absolute Gasteiger partial charge is 0.186 e. The predicted octanol–water partition coefficient (Wildman–Crippen LogP) is -2.01. The SMILES string of the molecule is C[C@H](CCc1ccc(O)cc1)O[C@@H]1O[C@H](CO[C@@H]2OC[C@@H](O)[C@H](O)[C@H]2O)[C@@H](O)[C@H](O)[C@H]1O. The largest absolute Gasteiger partial charge is 0.508 e. The maximum Gasteiger partial charge on any atom is 0.186 e. The summed E-state index contributed by atoms with van der Waals surface area (Å²) < 4.78 is 21.9. The number of phenolic OH excluding ortho intramolecular Hbond substituents is 1. The van der Waals surface area contributed by atoms with Crippen LogP contribution in [-0.2, 0) is 25.4 Å². The van der Waals surface area contributed by atoms with Gasteiger partial charge >= 0.3 is 0 Å². The van der Waals surface area contributed by atoms with Crippen LogP contribution in [0.2, 0.25) is 0 Å². The van der Waals surface area contributed by atoms with Crippen LogP contribution < -0.4 is 0 Å². The summed E-state index contributed by atoms with van der Waals surface area (Å²) in [6.45, 7) is 1.19. The van der Waals surface area contributed by atoms with E-state index in [0.29, 0.717) is 12.8 Å². The molecule has 32 heavy (non-hydrogen) atoms. The number of aliphatic hydroxyl groups is 6. The number of aliphatic hydroxyl groups excluding tert-OH is 6. The number of rotatable bonds is 8. The third-order valence-electron chi connectivity index (χ3n) is 5.69. The Kier molecular flexibility index (Phi) is 8.81. The molecule has 7 N–H and O–H groups in total. The molecule has 0 radical (unpaired) electrons. The summed E-state index contributed by atoms with van der Waals surface area (Å²) in [5.74, 6) is 0.175. The molecule has 2 saturated heterocycles. The average Bonchev–Trinajstić information content (AvgIpc) is 2.77. The van der Waals surface area contributed by atoms with E-state index in [9.17, 15) is 35.7 Å². The zero-order valence-corrected chi connectivity index (χ0v) is 17.7. The van der Waals surface area contributed by atoms with Crippen molar-refractivity contribution in [1.82, 2.24) is 0 Å². The third-order valence-corrected chi connectivity index (χ3v) is 5.69. The van der Waals surface area contributed by atoms with Crippen molar-refractivity contribution < 1.29 is 54.7 Å². The number of aryl methyl sites for hydroxylation is 1. The minimum atomic E-state index is -1.56. The highest BCUT2D eigenvalue weighted by molar-refractivity contribution is 5.25. The number of benzene rings is 1. The quantitative estimate of drug-likeness (QED) is 0.228. The first-order valence-corrected chi connectivity index (χ1v) is 10.6. The van der Waals surface area contributed by atoms with Gasteiger partial charge in [-0.05, 0) is 37.5 Å². The lowest BCUT2D eigenvalue weighted by molar-refractivity contribution is -0.326. The number of ether oxygens (including phenoxy) is 4. The van der Waals surface area contributed by atoms with Gasteiger partial charge in [-0.2, -0.15) is 0 Å². The Morgan fingerprint density at radius 2 is 1.56 bits per heavy atom. The van der Waals surface area contributed by atoms with Crippen molar-refractivity contribution in [2.45, 2.75) is 81.2 Å². The molecule has 0 bridgehead atoms. The molecule has 0 aromatic heterocycles. The zero-order valence-electron chi connectivity index (χ0n) is 17.7. The molecule has 182 valence electrons. The fourth-order valence-electron chi connectivity index (χ4n) is 3.61. The molecule has 10 atom stereocenters. The van der Waals surface area contributed by atoms with Crippen molar-refractivity contribution >= 4 is 0 Å². The van der Waals surface area contributed by atoms with E-state index in [4.69, 9.17) is 18.9 Å². The lowest BCUT2D eigenvalue weighted by Crippen LogP contribution is -2.60. The van der Waals surface area contributed by atoms with Crippen LogP contribution >= 0.6 is 0 Å². The normalized spacial score (nSPS) is 39.0. The van der Waals surface area contributed by atoms with Gasteiger partial charge in [-0.15, -0.1) is 0 Å². The van der Waals surface area contributed by atoms with E-state index >= 15 is 0 Å². The summed E-state index contributed by atoms with van der Waals surface area (Å²) in [6, 6.07) is 6.76. The summed E-state index contributed by atoms with van der Waals surface area (Å²) in [4.78, 5) is 0. The maximum atomic E-state index is 10.3. The molecular formula is C21H32O11. The fourth-order valence-corrected chi connectivity index (χ4v) is 3.61. The van der Waals surface area contributed by atoms with Crippen LogP contribution in [0.3, 0.4) is 0 Å². The highest BCUT2D eigenvalue weighted by Crippen LogP contribution is 2.26. The topological polar surface area (TPSA) is 179 Å². The molecule has 0 aliphatic carbocycles. The lowest BCUT2D eigenvalue weighted by Gasteiger charge is -2.42. The van der Waals surface area contributed by atoms with E-state index in [1.807, 2.05) is 0 Å². The van der Waals surface area contributed by atoms with Crippen LogP contribution in [-0.4, -0.2) is 110 Å². The molecule has 2 aliphatic heterocycles. The number of hydrogen-bond donors (Lipinski definition) is 7. The van der Waals surface area contributed by atoms with E-state index in [0.717, 1.165) is 5.56 Å². The first-order chi connectivity index (χ1) is 15.2. The second kappa shape index (κ2) is 11.2. The van der Waals surface area contributed by atoms with Gasteiger partial charge in [0, 0.05) is 0 Å². The lowest BCUT2D eigenvalue weighted by atomic mass is 9.99. The first kappa shape index (κ1) is 25.2. The summed E-state index contributed by atoms with van der Waals surface area (Å²) >= 11 is 0. The van der Waals surface area contributed by atoms with Crippen molar-refractivity contribution in [2.75, 3.05) is 13.2 Å². The van der Waals surface area contributed by atoms with E-state index in [2.05, 4.69) is 0 Å². The Labute approximate surface area is 185 Å². The Balaban J connectivity index is 1.52. The van der Waals surface area contributed by atoms with E-state index in [-0.39, 0.29) is 25.1 Å². The summed E-state index contributed by atoms with van der Waals surface area (Å²) in [5.41, 5.74) is 0.989. The first-order valence-electron chi connectivity index (χ1n) is 10.6. The molecule has 0 amide bonds.